The minimum atomic E-state index is -0.639. The normalized spacial score (nSPS) is 23.2. The van der Waals surface area contributed by atoms with E-state index in [1.165, 1.54) is 11.9 Å². The van der Waals surface area contributed by atoms with Crippen LogP contribution in [0.2, 0.25) is 0 Å². The molecule has 1 aliphatic heterocycles. The van der Waals surface area contributed by atoms with Gasteiger partial charge in [0.25, 0.3) is 5.91 Å². The number of rotatable bonds is 2. The molecular formula is C14H16ClNO2. The first-order chi connectivity index (χ1) is 8.45. The van der Waals surface area contributed by atoms with Gasteiger partial charge in [-0.15, -0.1) is 11.6 Å². The lowest BCUT2D eigenvalue weighted by Crippen LogP contribution is -2.51. The largest absolute Gasteiger partial charge is 0.281 e. The molecule has 0 radical (unpaired) electrons. The van der Waals surface area contributed by atoms with Crippen molar-refractivity contribution in [2.24, 2.45) is 0 Å². The molecule has 0 aliphatic carbocycles. The fourth-order valence-electron chi connectivity index (χ4n) is 2.42. The van der Waals surface area contributed by atoms with E-state index in [1.54, 1.807) is 6.07 Å². The maximum absolute atomic E-state index is 12.3. The number of carbonyl (C=O) groups excluding carboxylic acids is 2. The molecule has 4 heteroatoms. The molecule has 0 saturated carbocycles. The summed E-state index contributed by atoms with van der Waals surface area (Å²) in [7, 11) is 1.54. The van der Waals surface area contributed by atoms with Crippen LogP contribution in [0.3, 0.4) is 0 Å². The van der Waals surface area contributed by atoms with E-state index in [9.17, 15) is 9.59 Å². The van der Waals surface area contributed by atoms with Gasteiger partial charge in [-0.3, -0.25) is 14.5 Å². The fraction of sp³-hybridized carbons (Fsp3) is 0.429. The summed E-state index contributed by atoms with van der Waals surface area (Å²) in [6.07, 6.45) is 0.655. The van der Waals surface area contributed by atoms with E-state index in [4.69, 9.17) is 11.6 Å². The highest BCUT2D eigenvalue weighted by Crippen LogP contribution is 2.37. The Morgan fingerprint density at radius 2 is 2.00 bits per heavy atom. The lowest BCUT2D eigenvalue weighted by Gasteiger charge is -2.37. The fourth-order valence-corrected chi connectivity index (χ4v) is 2.58. The Morgan fingerprint density at radius 3 is 2.56 bits per heavy atom. The van der Waals surface area contributed by atoms with E-state index in [2.05, 4.69) is 0 Å². The Hall–Kier alpha value is -1.35. The zero-order valence-corrected chi connectivity index (χ0v) is 11.5. The van der Waals surface area contributed by atoms with Gasteiger partial charge in [0.05, 0.1) is 5.41 Å². The van der Waals surface area contributed by atoms with E-state index in [-0.39, 0.29) is 11.8 Å². The number of nitrogens with zero attached hydrogens (tertiary/aromatic N) is 1. The quantitative estimate of drug-likeness (QED) is 0.609. The summed E-state index contributed by atoms with van der Waals surface area (Å²) in [5.74, 6) is 0.00180. The third-order valence-electron chi connectivity index (χ3n) is 3.85. The second-order valence-corrected chi connectivity index (χ2v) is 5.14. The summed E-state index contributed by atoms with van der Waals surface area (Å²) < 4.78 is 0. The van der Waals surface area contributed by atoms with Crippen LogP contribution in [-0.4, -0.2) is 23.8 Å². The van der Waals surface area contributed by atoms with Crippen molar-refractivity contribution in [2.75, 3.05) is 7.05 Å². The number of carbonyl (C=O) groups is 2. The third-order valence-corrected chi connectivity index (χ3v) is 4.16. The van der Waals surface area contributed by atoms with Crippen LogP contribution in [-0.2, 0) is 16.1 Å². The lowest BCUT2D eigenvalue weighted by molar-refractivity contribution is -0.133. The van der Waals surface area contributed by atoms with E-state index in [0.29, 0.717) is 17.9 Å². The van der Waals surface area contributed by atoms with Crippen molar-refractivity contribution in [1.82, 2.24) is 4.90 Å². The molecule has 1 aliphatic rings. The van der Waals surface area contributed by atoms with Crippen molar-refractivity contribution in [2.45, 2.75) is 31.6 Å². The molecule has 18 heavy (non-hydrogen) atoms. The highest BCUT2D eigenvalue weighted by molar-refractivity contribution is 6.17. The molecule has 0 aromatic heterocycles. The standard InChI is InChI=1S/C14H16ClNO2/c1-4-14(2)11-7-9(8-15)5-6-10(11)12(17)16(3)13(14)18/h5-7H,4,8H2,1-3H3. The molecule has 0 saturated heterocycles. The van der Waals surface area contributed by atoms with Gasteiger partial charge in [0.15, 0.2) is 0 Å². The van der Waals surface area contributed by atoms with Gasteiger partial charge in [0.1, 0.15) is 0 Å². The summed E-state index contributed by atoms with van der Waals surface area (Å²) in [6.45, 7) is 3.84. The zero-order chi connectivity index (χ0) is 13.5. The van der Waals surface area contributed by atoms with Crippen LogP contribution >= 0.6 is 11.6 Å². The predicted molar refractivity (Wildman–Crippen MR) is 70.7 cm³/mol. The minimum Gasteiger partial charge on any atom is -0.281 e. The van der Waals surface area contributed by atoms with Crippen LogP contribution in [0.5, 0.6) is 0 Å². The smallest absolute Gasteiger partial charge is 0.260 e. The summed E-state index contributed by atoms with van der Waals surface area (Å²) in [5, 5.41) is 0. The summed E-state index contributed by atoms with van der Waals surface area (Å²) >= 11 is 5.83. The Balaban J connectivity index is 2.71. The van der Waals surface area contributed by atoms with E-state index < -0.39 is 5.41 Å². The van der Waals surface area contributed by atoms with Gasteiger partial charge in [-0.2, -0.15) is 0 Å². The van der Waals surface area contributed by atoms with E-state index in [0.717, 1.165) is 11.1 Å². The molecule has 2 rings (SSSR count). The number of fused-ring (bicyclic) bond motifs is 1. The summed E-state index contributed by atoms with van der Waals surface area (Å²) in [5.41, 5.74) is 1.70. The molecule has 1 unspecified atom stereocenters. The van der Waals surface area contributed by atoms with Crippen LogP contribution in [0, 0.1) is 0 Å². The zero-order valence-electron chi connectivity index (χ0n) is 10.8. The molecule has 1 aromatic carbocycles. The molecule has 1 aromatic rings. The predicted octanol–water partition coefficient (Wildman–Crippen LogP) is 2.71. The molecule has 3 nitrogen and oxygen atoms in total. The van der Waals surface area contributed by atoms with Crippen molar-refractivity contribution in [3.05, 3.63) is 34.9 Å². The summed E-state index contributed by atoms with van der Waals surface area (Å²) in [4.78, 5) is 25.6. The first kappa shape index (κ1) is 13.1. The Labute approximate surface area is 112 Å². The first-order valence-corrected chi connectivity index (χ1v) is 6.51. The second-order valence-electron chi connectivity index (χ2n) is 4.87. The first-order valence-electron chi connectivity index (χ1n) is 5.97. The maximum atomic E-state index is 12.3. The maximum Gasteiger partial charge on any atom is 0.260 e. The van der Waals surface area contributed by atoms with Crippen molar-refractivity contribution >= 4 is 23.4 Å². The second kappa shape index (κ2) is 4.39. The Kier molecular flexibility index (Phi) is 3.20. The van der Waals surface area contributed by atoms with Gasteiger partial charge in [-0.25, -0.2) is 0 Å². The van der Waals surface area contributed by atoms with Crippen LogP contribution < -0.4 is 0 Å². The number of amides is 2. The number of benzene rings is 1. The molecule has 1 atom stereocenters. The number of likely N-dealkylation sites (N-methyl/N-ethyl adjacent to an activating group) is 1. The van der Waals surface area contributed by atoms with Gasteiger partial charge < -0.3 is 0 Å². The van der Waals surface area contributed by atoms with Crippen LogP contribution in [0.15, 0.2) is 18.2 Å². The molecular weight excluding hydrogens is 250 g/mol. The minimum absolute atomic E-state index is 0.144. The average molecular weight is 266 g/mol. The SMILES string of the molecule is CCC1(C)C(=O)N(C)C(=O)c2ccc(CCl)cc21. The highest BCUT2D eigenvalue weighted by Gasteiger charge is 2.44. The van der Waals surface area contributed by atoms with E-state index >= 15 is 0 Å². The van der Waals surface area contributed by atoms with Gasteiger partial charge in [0, 0.05) is 18.5 Å². The molecule has 1 heterocycles. The average Bonchev–Trinajstić information content (AvgIpc) is 2.42. The van der Waals surface area contributed by atoms with Crippen molar-refractivity contribution < 1.29 is 9.59 Å². The lowest BCUT2D eigenvalue weighted by atomic mass is 9.73. The monoisotopic (exact) mass is 265 g/mol. The number of hydrogen-bond donors (Lipinski definition) is 0. The van der Waals surface area contributed by atoms with E-state index in [1.807, 2.05) is 26.0 Å². The van der Waals surface area contributed by atoms with Gasteiger partial charge in [-0.05, 0) is 30.5 Å². The van der Waals surface area contributed by atoms with Crippen molar-refractivity contribution in [1.29, 1.82) is 0 Å². The molecule has 96 valence electrons. The molecule has 0 N–H and O–H groups in total. The van der Waals surface area contributed by atoms with Crippen LogP contribution in [0.1, 0.15) is 41.8 Å². The van der Waals surface area contributed by atoms with Crippen LogP contribution in [0.25, 0.3) is 0 Å². The molecule has 2 amide bonds. The van der Waals surface area contributed by atoms with Crippen LogP contribution in [0.4, 0.5) is 0 Å². The number of hydrogen-bond acceptors (Lipinski definition) is 2. The number of alkyl halides is 1. The van der Waals surface area contributed by atoms with Gasteiger partial charge in [-0.1, -0.05) is 19.1 Å². The molecule has 0 spiro atoms. The molecule has 0 fully saturated rings. The Bertz CT molecular complexity index is 527. The number of halogens is 1. The topological polar surface area (TPSA) is 37.4 Å². The van der Waals surface area contributed by atoms with Gasteiger partial charge >= 0.3 is 0 Å². The third kappa shape index (κ3) is 1.65. The van der Waals surface area contributed by atoms with Crippen molar-refractivity contribution in [3.63, 3.8) is 0 Å². The van der Waals surface area contributed by atoms with Crippen molar-refractivity contribution in [3.8, 4) is 0 Å². The number of imide groups is 1. The Morgan fingerprint density at radius 1 is 1.33 bits per heavy atom. The summed E-state index contributed by atoms with van der Waals surface area (Å²) in [6, 6.07) is 5.49. The molecule has 0 bridgehead atoms. The van der Waals surface area contributed by atoms with Gasteiger partial charge in [0.2, 0.25) is 5.91 Å². The highest BCUT2D eigenvalue weighted by atomic mass is 35.5.